The molecule has 8 nitrogen and oxygen atoms in total. The number of amides is 2. The third-order valence-electron chi connectivity index (χ3n) is 5.54. The summed E-state index contributed by atoms with van der Waals surface area (Å²) in [5.41, 5.74) is 4.10. The van der Waals surface area contributed by atoms with Crippen LogP contribution in [0.4, 0.5) is 5.69 Å². The summed E-state index contributed by atoms with van der Waals surface area (Å²) < 4.78 is 11.0. The number of anilines is 1. The van der Waals surface area contributed by atoms with E-state index >= 15 is 0 Å². The maximum absolute atomic E-state index is 13.1. The molecule has 3 unspecified atom stereocenters. The third-order valence-corrected chi connectivity index (χ3v) is 5.54. The van der Waals surface area contributed by atoms with Gasteiger partial charge in [-0.2, -0.15) is 0 Å². The van der Waals surface area contributed by atoms with E-state index in [4.69, 9.17) is 9.47 Å². The number of likely N-dealkylation sites (tertiary alicyclic amines) is 1. The lowest BCUT2D eigenvalue weighted by Gasteiger charge is -2.37. The van der Waals surface area contributed by atoms with Gasteiger partial charge in [0.25, 0.3) is 0 Å². The Morgan fingerprint density at radius 2 is 1.86 bits per heavy atom. The summed E-state index contributed by atoms with van der Waals surface area (Å²) in [5, 5.41) is 4.56. The fourth-order valence-electron chi connectivity index (χ4n) is 4.06. The highest BCUT2D eigenvalue weighted by Gasteiger charge is 2.50. The largest absolute Gasteiger partial charge is 0.351 e. The number of nitrogens with zero attached hydrogens (tertiary/aromatic N) is 2. The van der Waals surface area contributed by atoms with Crippen molar-refractivity contribution >= 4 is 17.5 Å². The van der Waals surface area contributed by atoms with Gasteiger partial charge in [0.2, 0.25) is 11.8 Å². The smallest absolute Gasteiger partial charge is 0.247 e. The highest BCUT2D eigenvalue weighted by Crippen LogP contribution is 2.31. The number of ether oxygens (including phenoxy) is 2. The first kappa shape index (κ1) is 21.7. The van der Waals surface area contributed by atoms with Crippen LogP contribution >= 0.6 is 0 Å². The lowest BCUT2D eigenvalue weighted by molar-refractivity contribution is -0.144. The van der Waals surface area contributed by atoms with Gasteiger partial charge < -0.3 is 19.7 Å². The molecule has 3 rings (SSSR count). The third kappa shape index (κ3) is 4.95. The molecule has 0 spiro atoms. The average molecular weight is 405 g/mol. The van der Waals surface area contributed by atoms with E-state index in [1.54, 1.807) is 5.01 Å². The fraction of sp³-hybridized carbons (Fsp3) is 0.619. The monoisotopic (exact) mass is 404 g/mol. The van der Waals surface area contributed by atoms with Gasteiger partial charge in [-0.1, -0.05) is 25.1 Å². The molecule has 0 aromatic heterocycles. The van der Waals surface area contributed by atoms with Crippen molar-refractivity contribution in [3.8, 4) is 0 Å². The second-order valence-electron chi connectivity index (χ2n) is 7.31. The zero-order chi connectivity index (χ0) is 20.8. The molecule has 2 heterocycles. The number of carbonyl (C=O) groups excluding carboxylic acids is 2. The van der Waals surface area contributed by atoms with E-state index in [1.165, 1.54) is 0 Å². The standard InChI is InChI=1S/C21H32N4O4/c1-4-24-13-16(20(26)22-12-18(28-5-2)29-6-3)19-17(14-24)21(27)25(23-19)15-10-8-7-9-11-15/h7-11,16-19,23H,4-6,12-14H2,1-3H3,(H,22,26). The minimum atomic E-state index is -0.463. The summed E-state index contributed by atoms with van der Waals surface area (Å²) in [5.74, 6) is -0.666. The molecule has 0 bridgehead atoms. The van der Waals surface area contributed by atoms with Gasteiger partial charge in [0, 0.05) is 26.3 Å². The van der Waals surface area contributed by atoms with E-state index in [1.807, 2.05) is 44.2 Å². The molecule has 2 N–H and O–H groups in total. The number of piperidine rings is 1. The molecule has 1 aromatic carbocycles. The number of fused-ring (bicyclic) bond motifs is 1. The number of rotatable bonds is 9. The zero-order valence-corrected chi connectivity index (χ0v) is 17.5. The minimum Gasteiger partial charge on any atom is -0.351 e. The highest BCUT2D eigenvalue weighted by atomic mass is 16.7. The van der Waals surface area contributed by atoms with Crippen molar-refractivity contribution in [1.82, 2.24) is 15.6 Å². The molecule has 2 saturated heterocycles. The molecule has 29 heavy (non-hydrogen) atoms. The van der Waals surface area contributed by atoms with Gasteiger partial charge in [0.05, 0.1) is 30.1 Å². The number of nitrogens with one attached hydrogen (secondary N) is 2. The van der Waals surface area contributed by atoms with Crippen LogP contribution in [0.15, 0.2) is 30.3 Å². The maximum atomic E-state index is 13.1. The second-order valence-corrected chi connectivity index (χ2v) is 7.31. The Hall–Kier alpha value is -2.00. The van der Waals surface area contributed by atoms with Crippen molar-refractivity contribution < 1.29 is 19.1 Å². The first-order valence-electron chi connectivity index (χ1n) is 10.5. The Labute approximate surface area is 172 Å². The van der Waals surface area contributed by atoms with Crippen molar-refractivity contribution in [2.24, 2.45) is 11.8 Å². The number of para-hydroxylation sites is 1. The first-order valence-corrected chi connectivity index (χ1v) is 10.5. The Balaban J connectivity index is 1.72. The first-order chi connectivity index (χ1) is 14.1. The molecule has 2 fully saturated rings. The van der Waals surface area contributed by atoms with Crippen LogP contribution in [0, 0.1) is 11.8 Å². The summed E-state index contributed by atoms with van der Waals surface area (Å²) in [6.07, 6.45) is -0.463. The molecule has 0 saturated carbocycles. The van der Waals surface area contributed by atoms with E-state index in [0.717, 1.165) is 12.2 Å². The summed E-state index contributed by atoms with van der Waals surface area (Å²) in [6, 6.07) is 9.27. The van der Waals surface area contributed by atoms with Crippen LogP contribution in [-0.2, 0) is 19.1 Å². The van der Waals surface area contributed by atoms with E-state index in [-0.39, 0.29) is 36.2 Å². The number of benzene rings is 1. The van der Waals surface area contributed by atoms with E-state index in [9.17, 15) is 9.59 Å². The SMILES string of the molecule is CCOC(CNC(=O)C1CN(CC)CC2C(=O)N(c3ccccc3)NC12)OCC. The Morgan fingerprint density at radius 3 is 2.48 bits per heavy atom. The van der Waals surface area contributed by atoms with Crippen LogP contribution < -0.4 is 15.8 Å². The molecule has 1 aromatic rings. The quantitative estimate of drug-likeness (QED) is 0.598. The van der Waals surface area contributed by atoms with Crippen LogP contribution in [0.1, 0.15) is 20.8 Å². The molecule has 2 aliphatic heterocycles. The predicted octanol–water partition coefficient (Wildman–Crippen LogP) is 0.990. The van der Waals surface area contributed by atoms with Crippen LogP contribution in [0.5, 0.6) is 0 Å². The van der Waals surface area contributed by atoms with Gasteiger partial charge in [0.1, 0.15) is 0 Å². The lowest BCUT2D eigenvalue weighted by atomic mass is 9.84. The van der Waals surface area contributed by atoms with Crippen molar-refractivity contribution in [2.45, 2.75) is 33.1 Å². The highest BCUT2D eigenvalue weighted by molar-refractivity contribution is 5.98. The molecule has 2 amide bonds. The molecule has 3 atom stereocenters. The number of carbonyl (C=O) groups is 2. The normalized spacial score (nSPS) is 24.8. The lowest BCUT2D eigenvalue weighted by Crippen LogP contribution is -2.57. The molecular weight excluding hydrogens is 372 g/mol. The maximum Gasteiger partial charge on any atom is 0.247 e. The Bertz CT molecular complexity index is 681. The molecule has 0 aliphatic carbocycles. The van der Waals surface area contributed by atoms with Crippen molar-refractivity contribution in [2.75, 3.05) is 44.4 Å². The second kappa shape index (κ2) is 10.2. The minimum absolute atomic E-state index is 0.0126. The summed E-state index contributed by atoms with van der Waals surface area (Å²) >= 11 is 0. The molecule has 2 aliphatic rings. The number of hydrogen-bond acceptors (Lipinski definition) is 6. The average Bonchev–Trinajstić information content (AvgIpc) is 3.08. The van der Waals surface area contributed by atoms with Crippen LogP contribution in [0.2, 0.25) is 0 Å². The predicted molar refractivity (Wildman–Crippen MR) is 110 cm³/mol. The van der Waals surface area contributed by atoms with Gasteiger partial charge in [-0.3, -0.25) is 9.59 Å². The van der Waals surface area contributed by atoms with Gasteiger partial charge >= 0.3 is 0 Å². The van der Waals surface area contributed by atoms with Crippen LogP contribution in [0.25, 0.3) is 0 Å². The molecule has 160 valence electrons. The van der Waals surface area contributed by atoms with Gasteiger partial charge in [0.15, 0.2) is 6.29 Å². The summed E-state index contributed by atoms with van der Waals surface area (Å²) in [6.45, 7) is 9.22. The van der Waals surface area contributed by atoms with E-state index in [2.05, 4.69) is 22.6 Å². The van der Waals surface area contributed by atoms with E-state index < -0.39 is 6.29 Å². The van der Waals surface area contributed by atoms with Gasteiger partial charge in [-0.25, -0.2) is 10.4 Å². The summed E-state index contributed by atoms with van der Waals surface area (Å²) in [7, 11) is 0. The van der Waals surface area contributed by atoms with Crippen molar-refractivity contribution in [3.63, 3.8) is 0 Å². The topological polar surface area (TPSA) is 83.1 Å². The van der Waals surface area contributed by atoms with Crippen LogP contribution in [-0.4, -0.2) is 68.4 Å². The fourth-order valence-corrected chi connectivity index (χ4v) is 4.06. The summed E-state index contributed by atoms with van der Waals surface area (Å²) in [4.78, 5) is 28.3. The Kier molecular flexibility index (Phi) is 7.60. The van der Waals surface area contributed by atoms with Crippen molar-refractivity contribution in [3.05, 3.63) is 30.3 Å². The van der Waals surface area contributed by atoms with Crippen molar-refractivity contribution in [1.29, 1.82) is 0 Å². The molecular formula is C21H32N4O4. The van der Waals surface area contributed by atoms with E-state index in [0.29, 0.717) is 26.3 Å². The van der Waals surface area contributed by atoms with Gasteiger partial charge in [-0.15, -0.1) is 0 Å². The molecule has 8 heteroatoms. The zero-order valence-electron chi connectivity index (χ0n) is 17.5. The number of hydrazine groups is 1. The van der Waals surface area contributed by atoms with Crippen LogP contribution in [0.3, 0.4) is 0 Å². The van der Waals surface area contributed by atoms with Gasteiger partial charge in [-0.05, 0) is 32.5 Å². The Morgan fingerprint density at radius 1 is 1.17 bits per heavy atom. The molecule has 0 radical (unpaired) electrons. The number of hydrogen-bond donors (Lipinski definition) is 2.